The maximum atomic E-state index is 13.0. The first kappa shape index (κ1) is 17.6. The molecule has 1 fully saturated rings. The zero-order valence-corrected chi connectivity index (χ0v) is 15.1. The average Bonchev–Trinajstić information content (AvgIpc) is 3.28. The molecule has 1 aromatic carbocycles. The van der Waals surface area contributed by atoms with Crippen molar-refractivity contribution in [2.75, 3.05) is 18.5 Å². The van der Waals surface area contributed by atoms with Crippen LogP contribution in [0.4, 0.5) is 5.69 Å². The van der Waals surface area contributed by atoms with E-state index >= 15 is 0 Å². The number of carbonyl (C=O) groups is 2. The van der Waals surface area contributed by atoms with E-state index in [0.717, 1.165) is 24.3 Å². The molecule has 25 heavy (non-hydrogen) atoms. The largest absolute Gasteiger partial charge is 0.376 e. The molecular weight excluding hydrogens is 336 g/mol. The number of rotatable bonds is 6. The zero-order chi connectivity index (χ0) is 17.6. The van der Waals surface area contributed by atoms with Gasteiger partial charge in [0, 0.05) is 36.2 Å². The number of carbonyl (C=O) groups excluding carboxylic acids is 2. The molecule has 0 spiro atoms. The summed E-state index contributed by atoms with van der Waals surface area (Å²) in [5.41, 5.74) is 1.30. The summed E-state index contributed by atoms with van der Waals surface area (Å²) >= 11 is 1.65. The Morgan fingerprint density at radius 1 is 1.28 bits per heavy atom. The molecule has 0 bridgehead atoms. The summed E-state index contributed by atoms with van der Waals surface area (Å²) in [5.74, 6) is -0.143. The van der Waals surface area contributed by atoms with E-state index in [2.05, 4.69) is 5.32 Å². The van der Waals surface area contributed by atoms with Crippen LogP contribution in [0.5, 0.6) is 0 Å². The van der Waals surface area contributed by atoms with Crippen LogP contribution < -0.4 is 5.32 Å². The molecule has 1 N–H and O–H groups in total. The Bertz CT molecular complexity index is 707. The first-order valence-corrected chi connectivity index (χ1v) is 9.30. The van der Waals surface area contributed by atoms with Gasteiger partial charge in [-0.05, 0) is 48.6 Å². The van der Waals surface area contributed by atoms with Crippen LogP contribution in [0.2, 0.25) is 0 Å². The van der Waals surface area contributed by atoms with Gasteiger partial charge >= 0.3 is 0 Å². The Morgan fingerprint density at radius 3 is 2.68 bits per heavy atom. The van der Waals surface area contributed by atoms with Gasteiger partial charge in [0.2, 0.25) is 5.91 Å². The summed E-state index contributed by atoms with van der Waals surface area (Å²) in [5, 5.41) is 4.73. The van der Waals surface area contributed by atoms with E-state index in [0.29, 0.717) is 24.3 Å². The first-order chi connectivity index (χ1) is 12.1. The van der Waals surface area contributed by atoms with Gasteiger partial charge < -0.3 is 15.0 Å². The fourth-order valence-corrected chi connectivity index (χ4v) is 3.65. The lowest BCUT2D eigenvalue weighted by molar-refractivity contribution is -0.114. The first-order valence-electron chi connectivity index (χ1n) is 8.43. The molecule has 3 rings (SSSR count). The molecule has 6 heteroatoms. The smallest absolute Gasteiger partial charge is 0.254 e. The second kappa shape index (κ2) is 8.27. The van der Waals surface area contributed by atoms with Gasteiger partial charge in [-0.1, -0.05) is 6.07 Å². The third-order valence-corrected chi connectivity index (χ3v) is 4.98. The molecule has 1 aliphatic rings. The maximum absolute atomic E-state index is 13.0. The van der Waals surface area contributed by atoms with E-state index in [1.54, 1.807) is 35.6 Å². The molecule has 0 radical (unpaired) electrons. The van der Waals surface area contributed by atoms with Crippen molar-refractivity contribution in [3.8, 4) is 0 Å². The van der Waals surface area contributed by atoms with Crippen molar-refractivity contribution in [2.24, 2.45) is 0 Å². The highest BCUT2D eigenvalue weighted by molar-refractivity contribution is 7.09. The number of anilines is 1. The molecule has 1 aliphatic heterocycles. The van der Waals surface area contributed by atoms with Crippen molar-refractivity contribution >= 4 is 28.8 Å². The molecule has 2 aromatic rings. The monoisotopic (exact) mass is 358 g/mol. The van der Waals surface area contributed by atoms with Crippen LogP contribution in [0, 0.1) is 0 Å². The number of nitrogens with zero attached hydrogens (tertiary/aromatic N) is 1. The highest BCUT2D eigenvalue weighted by Crippen LogP contribution is 2.20. The Labute approximate surface area is 151 Å². The second-order valence-electron chi connectivity index (χ2n) is 6.16. The van der Waals surface area contributed by atoms with Crippen LogP contribution in [0.3, 0.4) is 0 Å². The fourth-order valence-electron chi connectivity index (χ4n) is 2.93. The molecule has 0 saturated carbocycles. The Kier molecular flexibility index (Phi) is 5.83. The number of hydrogen-bond acceptors (Lipinski definition) is 4. The summed E-state index contributed by atoms with van der Waals surface area (Å²) in [4.78, 5) is 27.1. The molecule has 132 valence electrons. The molecule has 5 nitrogen and oxygen atoms in total. The van der Waals surface area contributed by atoms with Crippen LogP contribution in [-0.4, -0.2) is 36.0 Å². The van der Waals surface area contributed by atoms with Crippen LogP contribution >= 0.6 is 11.3 Å². The summed E-state index contributed by atoms with van der Waals surface area (Å²) in [7, 11) is 0. The van der Waals surface area contributed by atoms with Crippen molar-refractivity contribution in [1.82, 2.24) is 4.90 Å². The number of benzene rings is 1. The standard InChI is InChI=1S/C19H22N2O3S/c1-14(22)20-16-8-6-15(7-9-16)19(23)21(12-17-4-2-10-24-17)13-18-5-3-11-25-18/h3,5-9,11,17H,2,4,10,12-13H2,1H3,(H,20,22). The number of ether oxygens (including phenoxy) is 1. The normalized spacial score (nSPS) is 16.6. The quantitative estimate of drug-likeness (QED) is 0.859. The van der Waals surface area contributed by atoms with Gasteiger partial charge in [0.1, 0.15) is 0 Å². The summed E-state index contributed by atoms with van der Waals surface area (Å²) in [6, 6.07) is 11.1. The molecule has 1 atom stereocenters. The van der Waals surface area contributed by atoms with Crippen molar-refractivity contribution in [1.29, 1.82) is 0 Å². The summed E-state index contributed by atoms with van der Waals surface area (Å²) < 4.78 is 5.71. The Hall–Kier alpha value is -2.18. The SMILES string of the molecule is CC(=O)Nc1ccc(C(=O)N(Cc2cccs2)CC2CCCO2)cc1. The Morgan fingerprint density at radius 2 is 2.08 bits per heavy atom. The second-order valence-corrected chi connectivity index (χ2v) is 7.19. The van der Waals surface area contributed by atoms with Crippen molar-refractivity contribution < 1.29 is 14.3 Å². The van der Waals surface area contributed by atoms with Gasteiger partial charge in [-0.25, -0.2) is 0 Å². The number of nitrogens with one attached hydrogen (secondary N) is 1. The average molecular weight is 358 g/mol. The molecule has 1 saturated heterocycles. The van der Waals surface area contributed by atoms with Gasteiger partial charge in [0.05, 0.1) is 12.6 Å². The third kappa shape index (κ3) is 4.90. The minimum Gasteiger partial charge on any atom is -0.376 e. The van der Waals surface area contributed by atoms with Crippen LogP contribution in [0.15, 0.2) is 41.8 Å². The van der Waals surface area contributed by atoms with Crippen LogP contribution in [-0.2, 0) is 16.1 Å². The minimum absolute atomic E-state index is 0.0155. The number of hydrogen-bond donors (Lipinski definition) is 1. The minimum atomic E-state index is -0.128. The lowest BCUT2D eigenvalue weighted by atomic mass is 10.1. The van der Waals surface area contributed by atoms with E-state index < -0.39 is 0 Å². The lowest BCUT2D eigenvalue weighted by Crippen LogP contribution is -2.36. The van der Waals surface area contributed by atoms with Crippen molar-refractivity contribution in [3.63, 3.8) is 0 Å². The maximum Gasteiger partial charge on any atom is 0.254 e. The summed E-state index contributed by atoms with van der Waals surface area (Å²) in [6.45, 7) is 3.43. The van der Waals surface area contributed by atoms with Crippen LogP contribution in [0.1, 0.15) is 35.0 Å². The van der Waals surface area contributed by atoms with Crippen molar-refractivity contribution in [3.05, 3.63) is 52.2 Å². The molecule has 1 aromatic heterocycles. The Balaban J connectivity index is 1.73. The predicted octanol–water partition coefficient (Wildman–Crippen LogP) is 3.53. The molecule has 0 aliphatic carbocycles. The molecule has 2 heterocycles. The third-order valence-electron chi connectivity index (χ3n) is 4.11. The van der Waals surface area contributed by atoms with Crippen molar-refractivity contribution in [2.45, 2.75) is 32.4 Å². The van der Waals surface area contributed by atoms with E-state index in [1.807, 2.05) is 22.4 Å². The molecule has 1 unspecified atom stereocenters. The van der Waals surface area contributed by atoms with E-state index in [9.17, 15) is 9.59 Å². The van der Waals surface area contributed by atoms with Gasteiger partial charge in [-0.2, -0.15) is 0 Å². The number of thiophene rings is 1. The summed E-state index contributed by atoms with van der Waals surface area (Å²) in [6.07, 6.45) is 2.16. The zero-order valence-electron chi connectivity index (χ0n) is 14.2. The highest BCUT2D eigenvalue weighted by atomic mass is 32.1. The van der Waals surface area contributed by atoms with Gasteiger partial charge in [-0.3, -0.25) is 9.59 Å². The predicted molar refractivity (Wildman–Crippen MR) is 98.8 cm³/mol. The van der Waals surface area contributed by atoms with E-state index in [4.69, 9.17) is 4.74 Å². The lowest BCUT2D eigenvalue weighted by Gasteiger charge is -2.25. The fraction of sp³-hybridized carbons (Fsp3) is 0.368. The molecular formula is C19H22N2O3S. The highest BCUT2D eigenvalue weighted by Gasteiger charge is 2.24. The molecule has 2 amide bonds. The number of amides is 2. The van der Waals surface area contributed by atoms with E-state index in [-0.39, 0.29) is 17.9 Å². The topological polar surface area (TPSA) is 58.6 Å². The van der Waals surface area contributed by atoms with Gasteiger partial charge in [0.15, 0.2) is 0 Å². The van der Waals surface area contributed by atoms with Gasteiger partial charge in [-0.15, -0.1) is 11.3 Å². The van der Waals surface area contributed by atoms with E-state index in [1.165, 1.54) is 6.92 Å². The van der Waals surface area contributed by atoms with Crippen LogP contribution in [0.25, 0.3) is 0 Å². The van der Waals surface area contributed by atoms with Gasteiger partial charge in [0.25, 0.3) is 5.91 Å².